The highest BCUT2D eigenvalue weighted by Crippen LogP contribution is 2.18. The quantitative estimate of drug-likeness (QED) is 0.761. The fourth-order valence-corrected chi connectivity index (χ4v) is 2.01. The number of aromatic nitrogens is 2. The largest absolute Gasteiger partial charge is 0.508 e. The van der Waals surface area contributed by atoms with Crippen molar-refractivity contribution in [1.29, 1.82) is 0 Å². The second-order valence-corrected chi connectivity index (χ2v) is 4.48. The van der Waals surface area contributed by atoms with Crippen molar-refractivity contribution < 1.29 is 5.11 Å². The van der Waals surface area contributed by atoms with Crippen molar-refractivity contribution in [2.45, 2.75) is 6.54 Å². The summed E-state index contributed by atoms with van der Waals surface area (Å²) in [5.74, 6) is 0.313. The zero-order chi connectivity index (χ0) is 13.8. The van der Waals surface area contributed by atoms with E-state index in [1.165, 1.54) is 0 Å². The van der Waals surface area contributed by atoms with Crippen molar-refractivity contribution >= 4 is 5.69 Å². The van der Waals surface area contributed by atoms with Crippen LogP contribution in [0.3, 0.4) is 0 Å². The van der Waals surface area contributed by atoms with Gasteiger partial charge in [-0.3, -0.25) is 0 Å². The third-order valence-electron chi connectivity index (χ3n) is 3.11. The first-order chi connectivity index (χ1) is 9.83. The summed E-state index contributed by atoms with van der Waals surface area (Å²) in [4.78, 5) is 0. The SMILES string of the molecule is Oc1ccccc1CNc1ccc(-n2cccn2)cc1. The van der Waals surface area contributed by atoms with Gasteiger partial charge in [0.15, 0.2) is 0 Å². The van der Waals surface area contributed by atoms with Gasteiger partial charge in [-0.05, 0) is 36.4 Å². The van der Waals surface area contributed by atoms with E-state index in [0.717, 1.165) is 16.9 Å². The molecule has 3 aromatic rings. The summed E-state index contributed by atoms with van der Waals surface area (Å²) < 4.78 is 1.81. The fourth-order valence-electron chi connectivity index (χ4n) is 2.01. The molecule has 0 bridgehead atoms. The summed E-state index contributed by atoms with van der Waals surface area (Å²) in [7, 11) is 0. The van der Waals surface area contributed by atoms with Gasteiger partial charge in [-0.25, -0.2) is 4.68 Å². The van der Waals surface area contributed by atoms with Gasteiger partial charge >= 0.3 is 0 Å². The summed E-state index contributed by atoms with van der Waals surface area (Å²) in [5.41, 5.74) is 2.90. The van der Waals surface area contributed by atoms with Gasteiger partial charge in [0, 0.05) is 30.2 Å². The summed E-state index contributed by atoms with van der Waals surface area (Å²) in [6.45, 7) is 0.591. The van der Waals surface area contributed by atoms with Gasteiger partial charge in [-0.15, -0.1) is 0 Å². The van der Waals surface area contributed by atoms with Crippen molar-refractivity contribution in [2.75, 3.05) is 5.32 Å². The Labute approximate surface area is 117 Å². The van der Waals surface area contributed by atoms with E-state index in [0.29, 0.717) is 12.3 Å². The van der Waals surface area contributed by atoms with Crippen LogP contribution in [0, 0.1) is 0 Å². The average Bonchev–Trinajstić information content (AvgIpc) is 3.01. The highest BCUT2D eigenvalue weighted by Gasteiger charge is 2.00. The predicted molar refractivity (Wildman–Crippen MR) is 79.0 cm³/mol. The van der Waals surface area contributed by atoms with Crippen LogP contribution >= 0.6 is 0 Å². The maximum atomic E-state index is 9.71. The lowest BCUT2D eigenvalue weighted by Gasteiger charge is -2.09. The summed E-state index contributed by atoms with van der Waals surface area (Å²) in [6.07, 6.45) is 3.66. The first-order valence-electron chi connectivity index (χ1n) is 6.44. The standard InChI is InChI=1S/C16H15N3O/c20-16-5-2-1-4-13(16)12-17-14-6-8-15(9-7-14)19-11-3-10-18-19/h1-11,17,20H,12H2. The Balaban J connectivity index is 1.68. The number of aromatic hydroxyl groups is 1. The number of phenols is 1. The van der Waals surface area contributed by atoms with Crippen LogP contribution in [0.4, 0.5) is 5.69 Å². The predicted octanol–water partition coefficient (Wildman–Crippen LogP) is 3.19. The van der Waals surface area contributed by atoms with Crippen LogP contribution in [0.15, 0.2) is 67.0 Å². The van der Waals surface area contributed by atoms with Crippen LogP contribution in [-0.4, -0.2) is 14.9 Å². The average molecular weight is 265 g/mol. The van der Waals surface area contributed by atoms with E-state index >= 15 is 0 Å². The van der Waals surface area contributed by atoms with E-state index in [1.54, 1.807) is 12.3 Å². The van der Waals surface area contributed by atoms with E-state index in [-0.39, 0.29) is 0 Å². The smallest absolute Gasteiger partial charge is 0.120 e. The molecule has 2 N–H and O–H groups in total. The second-order valence-electron chi connectivity index (χ2n) is 4.48. The van der Waals surface area contributed by atoms with Crippen LogP contribution in [0.2, 0.25) is 0 Å². The van der Waals surface area contributed by atoms with Crippen LogP contribution in [0.5, 0.6) is 5.75 Å². The van der Waals surface area contributed by atoms with Crippen molar-refractivity contribution in [3.05, 3.63) is 72.6 Å². The molecule has 20 heavy (non-hydrogen) atoms. The number of hydrogen-bond acceptors (Lipinski definition) is 3. The Morgan fingerprint density at radius 3 is 2.50 bits per heavy atom. The zero-order valence-corrected chi connectivity index (χ0v) is 10.9. The van der Waals surface area contributed by atoms with E-state index in [1.807, 2.05) is 59.4 Å². The van der Waals surface area contributed by atoms with Crippen LogP contribution in [0.1, 0.15) is 5.56 Å². The zero-order valence-electron chi connectivity index (χ0n) is 10.9. The van der Waals surface area contributed by atoms with Gasteiger partial charge in [0.2, 0.25) is 0 Å². The van der Waals surface area contributed by atoms with Crippen LogP contribution < -0.4 is 5.32 Å². The summed E-state index contributed by atoms with van der Waals surface area (Å²) in [6, 6.07) is 17.2. The van der Waals surface area contributed by atoms with Gasteiger partial charge in [-0.1, -0.05) is 18.2 Å². The summed E-state index contributed by atoms with van der Waals surface area (Å²) in [5, 5.41) is 17.2. The van der Waals surface area contributed by atoms with Gasteiger partial charge in [0.1, 0.15) is 5.75 Å². The molecule has 1 heterocycles. The van der Waals surface area contributed by atoms with Gasteiger partial charge in [0.25, 0.3) is 0 Å². The Kier molecular flexibility index (Phi) is 3.37. The number of nitrogens with one attached hydrogen (secondary N) is 1. The molecule has 0 aliphatic heterocycles. The first-order valence-corrected chi connectivity index (χ1v) is 6.44. The molecule has 3 rings (SSSR count). The molecule has 0 aliphatic carbocycles. The van der Waals surface area contributed by atoms with Crippen LogP contribution in [-0.2, 0) is 6.54 Å². The van der Waals surface area contributed by atoms with Gasteiger partial charge < -0.3 is 10.4 Å². The minimum absolute atomic E-state index is 0.313. The highest BCUT2D eigenvalue weighted by atomic mass is 16.3. The minimum atomic E-state index is 0.313. The monoisotopic (exact) mass is 265 g/mol. The Morgan fingerprint density at radius 2 is 1.80 bits per heavy atom. The van der Waals surface area contributed by atoms with E-state index in [2.05, 4.69) is 10.4 Å². The van der Waals surface area contributed by atoms with Crippen molar-refractivity contribution in [1.82, 2.24) is 9.78 Å². The molecule has 0 aliphatic rings. The molecule has 0 fully saturated rings. The van der Waals surface area contributed by atoms with E-state index in [9.17, 15) is 5.11 Å². The summed E-state index contributed by atoms with van der Waals surface area (Å²) >= 11 is 0. The molecule has 100 valence electrons. The Morgan fingerprint density at radius 1 is 1.00 bits per heavy atom. The normalized spacial score (nSPS) is 10.4. The van der Waals surface area contributed by atoms with Crippen molar-refractivity contribution in [2.24, 2.45) is 0 Å². The topological polar surface area (TPSA) is 50.1 Å². The molecular weight excluding hydrogens is 250 g/mol. The fraction of sp³-hybridized carbons (Fsp3) is 0.0625. The third kappa shape index (κ3) is 2.64. The third-order valence-corrected chi connectivity index (χ3v) is 3.11. The molecule has 0 amide bonds. The van der Waals surface area contributed by atoms with E-state index < -0.39 is 0 Å². The molecule has 0 atom stereocenters. The molecule has 1 aromatic heterocycles. The first kappa shape index (κ1) is 12.3. The highest BCUT2D eigenvalue weighted by molar-refractivity contribution is 5.49. The second kappa shape index (κ2) is 5.48. The lowest BCUT2D eigenvalue weighted by atomic mass is 10.2. The van der Waals surface area contributed by atoms with Gasteiger partial charge in [0.05, 0.1) is 5.69 Å². The molecule has 0 saturated heterocycles. The molecule has 4 heteroatoms. The maximum absolute atomic E-state index is 9.71. The maximum Gasteiger partial charge on any atom is 0.120 e. The molecule has 2 aromatic carbocycles. The number of nitrogens with zero attached hydrogens (tertiary/aromatic N) is 2. The molecule has 4 nitrogen and oxygen atoms in total. The molecule has 0 unspecified atom stereocenters. The van der Waals surface area contributed by atoms with Crippen molar-refractivity contribution in [3.63, 3.8) is 0 Å². The molecule has 0 spiro atoms. The van der Waals surface area contributed by atoms with E-state index in [4.69, 9.17) is 0 Å². The number of phenolic OH excluding ortho intramolecular Hbond substituents is 1. The van der Waals surface area contributed by atoms with Crippen LogP contribution in [0.25, 0.3) is 5.69 Å². The lowest BCUT2D eigenvalue weighted by molar-refractivity contribution is 0.469. The Hall–Kier alpha value is -2.75. The number of anilines is 1. The number of para-hydroxylation sites is 1. The molecule has 0 saturated carbocycles. The van der Waals surface area contributed by atoms with Crippen molar-refractivity contribution in [3.8, 4) is 11.4 Å². The lowest BCUT2D eigenvalue weighted by Crippen LogP contribution is -2.00. The number of rotatable bonds is 4. The Bertz CT molecular complexity index is 675. The van der Waals surface area contributed by atoms with Gasteiger partial charge in [-0.2, -0.15) is 5.10 Å². The minimum Gasteiger partial charge on any atom is -0.508 e. The number of benzene rings is 2. The molecular formula is C16H15N3O. The number of hydrogen-bond donors (Lipinski definition) is 2. The molecule has 0 radical (unpaired) electrons.